The smallest absolute Gasteiger partial charge is 0.274 e. The summed E-state index contributed by atoms with van der Waals surface area (Å²) >= 11 is 0. The van der Waals surface area contributed by atoms with E-state index in [0.717, 1.165) is 70.8 Å². The Bertz CT molecular complexity index is 732. The summed E-state index contributed by atoms with van der Waals surface area (Å²) in [4.78, 5) is 28.6. The van der Waals surface area contributed by atoms with Crippen molar-refractivity contribution in [1.82, 2.24) is 19.8 Å². The molecule has 4 atom stereocenters. The number of amides is 1. The third kappa shape index (κ3) is 3.87. The summed E-state index contributed by atoms with van der Waals surface area (Å²) in [6, 6.07) is 0.316. The van der Waals surface area contributed by atoms with Crippen molar-refractivity contribution >= 4 is 11.7 Å². The summed E-state index contributed by atoms with van der Waals surface area (Å²) in [7, 11) is 0. The summed E-state index contributed by atoms with van der Waals surface area (Å²) in [6.07, 6.45) is 11.0. The molecule has 5 rings (SSSR count). The SMILES string of the molecule is O=C(c1cncc(N2C[C@H]3C[C@@H](N4CCCC4)[C@H](O)C[C@H]3C2)n1)N1CCCCC1. The van der Waals surface area contributed by atoms with Crippen LogP contribution in [-0.2, 0) is 0 Å². The normalized spacial score (nSPS) is 33.1. The number of rotatable bonds is 3. The molecule has 1 amide bonds. The van der Waals surface area contributed by atoms with Gasteiger partial charge in [0.1, 0.15) is 11.5 Å². The molecule has 0 aromatic carbocycles. The van der Waals surface area contributed by atoms with Crippen LogP contribution in [0.1, 0.15) is 55.4 Å². The van der Waals surface area contributed by atoms with Gasteiger partial charge in [-0.2, -0.15) is 0 Å². The molecule has 1 aromatic rings. The molecule has 1 aromatic heterocycles. The Morgan fingerprint density at radius 1 is 0.931 bits per heavy atom. The molecule has 1 N–H and O–H groups in total. The molecular formula is C22H33N5O2. The second kappa shape index (κ2) is 8.19. The molecule has 3 saturated heterocycles. The van der Waals surface area contributed by atoms with E-state index < -0.39 is 0 Å². The van der Waals surface area contributed by atoms with Crippen LogP contribution in [-0.4, -0.2) is 82.2 Å². The van der Waals surface area contributed by atoms with Crippen molar-refractivity contribution in [3.8, 4) is 0 Å². The predicted octanol–water partition coefficient (Wildman–Crippen LogP) is 1.77. The van der Waals surface area contributed by atoms with Crippen LogP contribution < -0.4 is 4.90 Å². The van der Waals surface area contributed by atoms with Crippen molar-refractivity contribution in [3.63, 3.8) is 0 Å². The van der Waals surface area contributed by atoms with Gasteiger partial charge in [0, 0.05) is 32.2 Å². The van der Waals surface area contributed by atoms with Crippen LogP contribution in [0.5, 0.6) is 0 Å². The highest BCUT2D eigenvalue weighted by Crippen LogP contribution is 2.40. The molecule has 0 spiro atoms. The van der Waals surface area contributed by atoms with Crippen LogP contribution in [0, 0.1) is 11.8 Å². The number of nitrogens with zero attached hydrogens (tertiary/aromatic N) is 5. The van der Waals surface area contributed by atoms with Gasteiger partial charge in [-0.25, -0.2) is 4.98 Å². The molecule has 7 heteroatoms. The minimum Gasteiger partial charge on any atom is -0.391 e. The Morgan fingerprint density at radius 3 is 2.38 bits per heavy atom. The fourth-order valence-electron chi connectivity index (χ4n) is 5.93. The highest BCUT2D eigenvalue weighted by molar-refractivity contribution is 5.92. The standard InChI is InChI=1S/C22H33N5O2/c28-20-11-17-15-27(14-16(17)10-19(20)25-6-4-5-7-25)21-13-23-12-18(24-21)22(29)26-8-2-1-3-9-26/h12-13,16-17,19-20,28H,1-11,14-15H2/t16-,17+,19-,20-/m1/s1. The Labute approximate surface area is 173 Å². The maximum Gasteiger partial charge on any atom is 0.274 e. The van der Waals surface area contributed by atoms with Crippen LogP contribution in [0.3, 0.4) is 0 Å². The lowest BCUT2D eigenvalue weighted by Crippen LogP contribution is -2.48. The topological polar surface area (TPSA) is 72.8 Å². The van der Waals surface area contributed by atoms with Crippen LogP contribution in [0.2, 0.25) is 0 Å². The molecule has 0 radical (unpaired) electrons. The second-order valence-corrected chi connectivity index (χ2v) is 9.39. The van der Waals surface area contributed by atoms with Crippen molar-refractivity contribution in [2.24, 2.45) is 11.8 Å². The minimum absolute atomic E-state index is 0.0141. The number of carbonyl (C=O) groups is 1. The number of anilines is 1. The monoisotopic (exact) mass is 399 g/mol. The maximum atomic E-state index is 12.8. The first-order valence-electron chi connectivity index (χ1n) is 11.5. The highest BCUT2D eigenvalue weighted by Gasteiger charge is 2.44. The van der Waals surface area contributed by atoms with E-state index in [0.29, 0.717) is 23.6 Å². The first-order chi connectivity index (χ1) is 14.2. The molecule has 7 nitrogen and oxygen atoms in total. The molecule has 0 bridgehead atoms. The fourth-order valence-corrected chi connectivity index (χ4v) is 5.93. The van der Waals surface area contributed by atoms with E-state index in [1.54, 1.807) is 12.4 Å². The van der Waals surface area contributed by atoms with E-state index in [4.69, 9.17) is 4.98 Å². The molecule has 1 aliphatic carbocycles. The van der Waals surface area contributed by atoms with Crippen LogP contribution in [0.25, 0.3) is 0 Å². The highest BCUT2D eigenvalue weighted by atomic mass is 16.3. The summed E-state index contributed by atoms with van der Waals surface area (Å²) in [5.41, 5.74) is 0.467. The van der Waals surface area contributed by atoms with Crippen molar-refractivity contribution in [1.29, 1.82) is 0 Å². The van der Waals surface area contributed by atoms with Gasteiger partial charge in [-0.3, -0.25) is 14.7 Å². The van der Waals surface area contributed by atoms with Crippen LogP contribution in [0.4, 0.5) is 5.82 Å². The van der Waals surface area contributed by atoms with Crippen molar-refractivity contribution in [2.45, 2.75) is 57.1 Å². The van der Waals surface area contributed by atoms with E-state index in [1.807, 2.05) is 4.90 Å². The zero-order chi connectivity index (χ0) is 19.8. The summed E-state index contributed by atoms with van der Waals surface area (Å²) in [6.45, 7) is 5.79. The predicted molar refractivity (Wildman–Crippen MR) is 111 cm³/mol. The lowest BCUT2D eigenvalue weighted by atomic mass is 9.77. The zero-order valence-electron chi connectivity index (χ0n) is 17.2. The number of hydrogen-bond donors (Lipinski definition) is 1. The Morgan fingerprint density at radius 2 is 1.62 bits per heavy atom. The van der Waals surface area contributed by atoms with E-state index >= 15 is 0 Å². The molecule has 3 aliphatic heterocycles. The van der Waals surface area contributed by atoms with E-state index in [2.05, 4.69) is 14.8 Å². The average molecular weight is 400 g/mol. The van der Waals surface area contributed by atoms with Gasteiger partial charge in [-0.05, 0) is 69.9 Å². The lowest BCUT2D eigenvalue weighted by Gasteiger charge is -2.40. The van der Waals surface area contributed by atoms with Gasteiger partial charge in [-0.1, -0.05) is 0 Å². The number of fused-ring (bicyclic) bond motifs is 1. The van der Waals surface area contributed by atoms with Crippen LogP contribution >= 0.6 is 0 Å². The van der Waals surface area contributed by atoms with Gasteiger partial charge in [0.15, 0.2) is 0 Å². The summed E-state index contributed by atoms with van der Waals surface area (Å²) in [5.74, 6) is 1.93. The first kappa shape index (κ1) is 19.2. The van der Waals surface area contributed by atoms with Gasteiger partial charge >= 0.3 is 0 Å². The third-order valence-corrected chi connectivity index (χ3v) is 7.53. The molecule has 29 heavy (non-hydrogen) atoms. The molecular weight excluding hydrogens is 366 g/mol. The van der Waals surface area contributed by atoms with E-state index in [-0.39, 0.29) is 12.0 Å². The Balaban J connectivity index is 1.27. The molecule has 4 fully saturated rings. The number of piperidine rings is 1. The molecule has 0 unspecified atom stereocenters. The van der Waals surface area contributed by atoms with Gasteiger partial charge < -0.3 is 14.9 Å². The zero-order valence-corrected chi connectivity index (χ0v) is 17.2. The average Bonchev–Trinajstić information content (AvgIpc) is 3.43. The number of aromatic nitrogens is 2. The number of likely N-dealkylation sites (tertiary alicyclic amines) is 2. The number of aliphatic hydroxyl groups excluding tert-OH is 1. The molecule has 1 saturated carbocycles. The van der Waals surface area contributed by atoms with E-state index in [9.17, 15) is 9.90 Å². The third-order valence-electron chi connectivity index (χ3n) is 7.53. The van der Waals surface area contributed by atoms with Gasteiger partial charge in [0.25, 0.3) is 5.91 Å². The second-order valence-electron chi connectivity index (χ2n) is 9.39. The molecule has 4 heterocycles. The summed E-state index contributed by atoms with van der Waals surface area (Å²) in [5, 5.41) is 10.8. The van der Waals surface area contributed by atoms with Crippen molar-refractivity contribution < 1.29 is 9.90 Å². The number of carbonyl (C=O) groups excluding carboxylic acids is 1. The Kier molecular flexibility index (Phi) is 5.43. The minimum atomic E-state index is -0.215. The van der Waals surface area contributed by atoms with Crippen LogP contribution in [0.15, 0.2) is 12.4 Å². The molecule has 158 valence electrons. The summed E-state index contributed by atoms with van der Waals surface area (Å²) < 4.78 is 0. The van der Waals surface area contributed by atoms with Gasteiger partial charge in [0.2, 0.25) is 0 Å². The maximum absolute atomic E-state index is 12.8. The first-order valence-corrected chi connectivity index (χ1v) is 11.5. The van der Waals surface area contributed by atoms with Gasteiger partial charge in [0.05, 0.1) is 18.5 Å². The lowest BCUT2D eigenvalue weighted by molar-refractivity contribution is -0.000855. The van der Waals surface area contributed by atoms with E-state index in [1.165, 1.54) is 19.3 Å². The van der Waals surface area contributed by atoms with Crippen molar-refractivity contribution in [2.75, 3.05) is 44.2 Å². The number of aliphatic hydroxyl groups is 1. The number of hydrogen-bond acceptors (Lipinski definition) is 6. The molecule has 4 aliphatic rings. The largest absolute Gasteiger partial charge is 0.391 e. The fraction of sp³-hybridized carbons (Fsp3) is 0.773. The van der Waals surface area contributed by atoms with Gasteiger partial charge in [-0.15, -0.1) is 0 Å². The quantitative estimate of drug-likeness (QED) is 0.835. The van der Waals surface area contributed by atoms with Crippen molar-refractivity contribution in [3.05, 3.63) is 18.1 Å². The Hall–Kier alpha value is -1.73.